The molecule has 0 saturated carbocycles. The van der Waals surface area contributed by atoms with Crippen molar-refractivity contribution in [2.24, 2.45) is 5.92 Å². The largest absolute Gasteiger partial charge is 0.455 e. The second-order valence-electron chi connectivity index (χ2n) is 7.29. The average Bonchev–Trinajstić information content (AvgIpc) is 3.12. The molecule has 3 amide bonds. The van der Waals surface area contributed by atoms with Crippen LogP contribution < -0.4 is 15.8 Å². The number of nitrogens with one attached hydrogen (secondary N) is 2. The number of ether oxygens (including phenoxy) is 1. The van der Waals surface area contributed by atoms with Crippen LogP contribution in [0.4, 0.5) is 5.69 Å². The van der Waals surface area contributed by atoms with Gasteiger partial charge < -0.3 is 9.64 Å². The molecule has 1 aliphatic heterocycles. The highest BCUT2D eigenvalue weighted by molar-refractivity contribution is 6.33. The van der Waals surface area contributed by atoms with Crippen LogP contribution in [0, 0.1) is 19.8 Å². The van der Waals surface area contributed by atoms with Crippen molar-refractivity contribution < 1.29 is 23.9 Å². The maximum absolute atomic E-state index is 12.4. The van der Waals surface area contributed by atoms with Crippen molar-refractivity contribution in [3.05, 3.63) is 64.2 Å². The number of halogens is 1. The van der Waals surface area contributed by atoms with Gasteiger partial charge in [0.05, 0.1) is 16.5 Å². The Morgan fingerprint density at radius 3 is 2.58 bits per heavy atom. The minimum atomic E-state index is -0.718. The van der Waals surface area contributed by atoms with Crippen molar-refractivity contribution in [2.75, 3.05) is 18.1 Å². The van der Waals surface area contributed by atoms with E-state index in [0.717, 1.165) is 16.8 Å². The number of hydrazine groups is 1. The standard InChI is InChI=1S/C22H22ClN3O5/c1-13-7-8-18(14(2)9-13)26-11-15(10-20(26)28)22(30)31-12-19(27)24-25-21(29)16-5-3-4-6-17(16)23/h3-9,15H,10-12H2,1-2H3,(H,24,27)(H,25,29)/t15-/m1/s1. The summed E-state index contributed by atoms with van der Waals surface area (Å²) in [5.74, 6) is -2.81. The Labute approximate surface area is 184 Å². The van der Waals surface area contributed by atoms with Gasteiger partial charge in [0.15, 0.2) is 6.61 Å². The highest BCUT2D eigenvalue weighted by Crippen LogP contribution is 2.29. The first-order valence-electron chi connectivity index (χ1n) is 9.64. The van der Waals surface area contributed by atoms with Crippen molar-refractivity contribution in [3.63, 3.8) is 0 Å². The number of rotatable bonds is 5. The van der Waals surface area contributed by atoms with Gasteiger partial charge >= 0.3 is 5.97 Å². The molecule has 0 unspecified atom stereocenters. The summed E-state index contributed by atoms with van der Waals surface area (Å²) in [6, 6.07) is 12.1. The fourth-order valence-electron chi connectivity index (χ4n) is 3.34. The molecule has 0 radical (unpaired) electrons. The summed E-state index contributed by atoms with van der Waals surface area (Å²) in [7, 11) is 0. The lowest BCUT2D eigenvalue weighted by Gasteiger charge is -2.19. The summed E-state index contributed by atoms with van der Waals surface area (Å²) in [6.45, 7) is 3.47. The Hall–Kier alpha value is -3.39. The van der Waals surface area contributed by atoms with Crippen LogP contribution in [0.5, 0.6) is 0 Å². The fourth-order valence-corrected chi connectivity index (χ4v) is 3.56. The van der Waals surface area contributed by atoms with Gasteiger partial charge in [-0.25, -0.2) is 0 Å². The number of hydrogen-bond donors (Lipinski definition) is 2. The van der Waals surface area contributed by atoms with Gasteiger partial charge in [0.2, 0.25) is 5.91 Å². The molecular formula is C22H22ClN3O5. The Morgan fingerprint density at radius 2 is 1.87 bits per heavy atom. The lowest BCUT2D eigenvalue weighted by molar-refractivity contribution is -0.152. The van der Waals surface area contributed by atoms with E-state index in [4.69, 9.17) is 16.3 Å². The zero-order valence-electron chi connectivity index (χ0n) is 17.1. The molecular weight excluding hydrogens is 422 g/mol. The Bertz CT molecular complexity index is 1040. The van der Waals surface area contributed by atoms with E-state index in [1.54, 1.807) is 23.1 Å². The number of carbonyl (C=O) groups is 4. The van der Waals surface area contributed by atoms with Crippen LogP contribution in [0.3, 0.4) is 0 Å². The van der Waals surface area contributed by atoms with Crippen LogP contribution in [-0.2, 0) is 19.1 Å². The maximum Gasteiger partial charge on any atom is 0.311 e. The predicted octanol–water partition coefficient (Wildman–Crippen LogP) is 2.31. The Balaban J connectivity index is 1.48. The molecule has 0 bridgehead atoms. The Kier molecular flexibility index (Phi) is 6.91. The number of anilines is 1. The van der Waals surface area contributed by atoms with Crippen molar-refractivity contribution >= 4 is 41.0 Å². The molecule has 0 spiro atoms. The average molecular weight is 444 g/mol. The van der Waals surface area contributed by atoms with E-state index in [2.05, 4.69) is 10.9 Å². The van der Waals surface area contributed by atoms with E-state index in [9.17, 15) is 19.2 Å². The van der Waals surface area contributed by atoms with Crippen LogP contribution in [0.15, 0.2) is 42.5 Å². The molecule has 1 saturated heterocycles. The third kappa shape index (κ3) is 5.40. The van der Waals surface area contributed by atoms with Gasteiger partial charge in [-0.2, -0.15) is 0 Å². The summed E-state index contributed by atoms with van der Waals surface area (Å²) >= 11 is 5.92. The minimum Gasteiger partial charge on any atom is -0.455 e. The van der Waals surface area contributed by atoms with Gasteiger partial charge in [-0.1, -0.05) is 41.4 Å². The molecule has 1 fully saturated rings. The molecule has 1 aliphatic rings. The number of carbonyl (C=O) groups excluding carboxylic acids is 4. The second-order valence-corrected chi connectivity index (χ2v) is 7.69. The highest BCUT2D eigenvalue weighted by Gasteiger charge is 2.36. The van der Waals surface area contributed by atoms with Gasteiger partial charge in [0, 0.05) is 18.7 Å². The molecule has 162 valence electrons. The van der Waals surface area contributed by atoms with E-state index in [1.165, 1.54) is 6.07 Å². The third-order valence-corrected chi connectivity index (χ3v) is 5.21. The summed E-state index contributed by atoms with van der Waals surface area (Å²) < 4.78 is 5.02. The number of aryl methyl sites for hydroxylation is 2. The first kappa shape index (κ1) is 22.3. The van der Waals surface area contributed by atoms with Gasteiger partial charge in [0.1, 0.15) is 0 Å². The highest BCUT2D eigenvalue weighted by atomic mass is 35.5. The van der Waals surface area contributed by atoms with Crippen molar-refractivity contribution in [1.82, 2.24) is 10.9 Å². The molecule has 9 heteroatoms. The third-order valence-electron chi connectivity index (χ3n) is 4.88. The lowest BCUT2D eigenvalue weighted by atomic mass is 10.1. The smallest absolute Gasteiger partial charge is 0.311 e. The lowest BCUT2D eigenvalue weighted by Crippen LogP contribution is -2.44. The quantitative estimate of drug-likeness (QED) is 0.545. The number of hydrogen-bond acceptors (Lipinski definition) is 5. The molecule has 3 rings (SSSR count). The van der Waals surface area contributed by atoms with Crippen molar-refractivity contribution in [2.45, 2.75) is 20.3 Å². The monoisotopic (exact) mass is 443 g/mol. The van der Waals surface area contributed by atoms with Crippen LogP contribution >= 0.6 is 11.6 Å². The van der Waals surface area contributed by atoms with Crippen molar-refractivity contribution in [1.29, 1.82) is 0 Å². The van der Waals surface area contributed by atoms with Crippen molar-refractivity contribution in [3.8, 4) is 0 Å². The summed E-state index contributed by atoms with van der Waals surface area (Å²) in [6.07, 6.45) is 0.0109. The molecule has 0 aliphatic carbocycles. The zero-order valence-corrected chi connectivity index (χ0v) is 17.9. The summed E-state index contributed by atoms with van der Waals surface area (Å²) in [4.78, 5) is 50.2. The van der Waals surface area contributed by atoms with E-state index in [-0.39, 0.29) is 29.5 Å². The van der Waals surface area contributed by atoms with Gasteiger partial charge in [-0.15, -0.1) is 0 Å². The molecule has 2 aromatic rings. The molecule has 8 nitrogen and oxygen atoms in total. The van der Waals surface area contributed by atoms with E-state index < -0.39 is 30.3 Å². The van der Waals surface area contributed by atoms with E-state index in [1.807, 2.05) is 32.0 Å². The van der Waals surface area contributed by atoms with Gasteiger partial charge in [-0.05, 0) is 37.6 Å². The molecule has 1 atom stereocenters. The SMILES string of the molecule is Cc1ccc(N2C[C@H](C(=O)OCC(=O)NNC(=O)c3ccccc3Cl)CC2=O)c(C)c1. The van der Waals surface area contributed by atoms with Gasteiger partial charge in [0.25, 0.3) is 11.8 Å². The normalized spacial score (nSPS) is 15.5. The molecule has 31 heavy (non-hydrogen) atoms. The Morgan fingerprint density at radius 1 is 1.13 bits per heavy atom. The van der Waals surface area contributed by atoms with E-state index >= 15 is 0 Å². The van der Waals surface area contributed by atoms with Gasteiger partial charge in [-0.3, -0.25) is 30.0 Å². The molecule has 2 aromatic carbocycles. The summed E-state index contributed by atoms with van der Waals surface area (Å²) in [5, 5.41) is 0.236. The molecule has 0 aromatic heterocycles. The van der Waals surface area contributed by atoms with E-state index in [0.29, 0.717) is 0 Å². The minimum absolute atomic E-state index is 0.0109. The number of esters is 1. The molecule has 1 heterocycles. The fraction of sp³-hybridized carbons (Fsp3) is 0.273. The van der Waals surface area contributed by atoms with Crippen LogP contribution in [0.1, 0.15) is 27.9 Å². The maximum atomic E-state index is 12.4. The first-order valence-corrected chi connectivity index (χ1v) is 10.0. The molecule has 2 N–H and O–H groups in total. The number of benzene rings is 2. The zero-order chi connectivity index (χ0) is 22.5. The van der Waals surface area contributed by atoms with Crippen LogP contribution in [-0.4, -0.2) is 36.8 Å². The first-order chi connectivity index (χ1) is 14.8. The second kappa shape index (κ2) is 9.61. The van der Waals surface area contributed by atoms with Crippen LogP contribution in [0.2, 0.25) is 5.02 Å². The van der Waals surface area contributed by atoms with Crippen LogP contribution in [0.25, 0.3) is 0 Å². The predicted molar refractivity (Wildman–Crippen MR) is 114 cm³/mol. The number of nitrogens with zero attached hydrogens (tertiary/aromatic N) is 1. The summed E-state index contributed by atoms with van der Waals surface area (Å²) in [5.41, 5.74) is 7.33. The topological polar surface area (TPSA) is 105 Å². The number of amides is 3.